The molecule has 1 saturated carbocycles. The lowest BCUT2D eigenvalue weighted by molar-refractivity contribution is 0.279. The monoisotopic (exact) mass is 197 g/mol. The van der Waals surface area contributed by atoms with Crippen LogP contribution >= 0.6 is 0 Å². The van der Waals surface area contributed by atoms with Gasteiger partial charge in [0, 0.05) is 11.5 Å². The highest BCUT2D eigenvalue weighted by Crippen LogP contribution is 2.51. The lowest BCUT2D eigenvalue weighted by Crippen LogP contribution is -2.33. The van der Waals surface area contributed by atoms with Gasteiger partial charge in [0.15, 0.2) is 0 Å². The fourth-order valence-corrected chi connectivity index (χ4v) is 2.41. The van der Waals surface area contributed by atoms with E-state index in [0.717, 1.165) is 12.8 Å². The highest BCUT2D eigenvalue weighted by molar-refractivity contribution is 5.07. The Kier molecular flexibility index (Phi) is 2.65. The van der Waals surface area contributed by atoms with Gasteiger partial charge in [-0.05, 0) is 38.0 Å². The minimum absolute atomic E-state index is 0.0639. The first-order valence-electron chi connectivity index (χ1n) is 5.67. The van der Waals surface area contributed by atoms with Crippen LogP contribution in [0.25, 0.3) is 0 Å². The van der Waals surface area contributed by atoms with E-state index in [4.69, 9.17) is 5.73 Å². The second-order valence-corrected chi connectivity index (χ2v) is 5.17. The summed E-state index contributed by atoms with van der Waals surface area (Å²) >= 11 is 0. The van der Waals surface area contributed by atoms with Gasteiger partial charge in [-0.25, -0.2) is 4.39 Å². The van der Waals surface area contributed by atoms with Crippen LogP contribution in [0.5, 0.6) is 0 Å². The third-order valence-electron chi connectivity index (χ3n) is 3.99. The van der Waals surface area contributed by atoms with Crippen LogP contribution in [0.15, 0.2) is 12.2 Å². The minimum Gasteiger partial charge on any atom is -0.327 e. The average Bonchev–Trinajstić information content (AvgIpc) is 2.78. The molecule has 2 rings (SSSR count). The highest BCUT2D eigenvalue weighted by atomic mass is 19.1. The Bertz CT molecular complexity index is 238. The standard InChI is InChI=1S/C12H20FN/c1-12(8-10(12)13)11(14)7-9-5-3-2-4-6-9/h2-3,9-11H,4-8,14H2,1H3. The van der Waals surface area contributed by atoms with Crippen molar-refractivity contribution in [2.24, 2.45) is 17.1 Å². The van der Waals surface area contributed by atoms with Gasteiger partial charge < -0.3 is 5.73 Å². The molecule has 1 nitrogen and oxygen atoms in total. The molecule has 2 aliphatic rings. The molecule has 0 saturated heterocycles. The summed E-state index contributed by atoms with van der Waals surface area (Å²) < 4.78 is 13.1. The van der Waals surface area contributed by atoms with Gasteiger partial charge in [0.25, 0.3) is 0 Å². The molecule has 2 heteroatoms. The Hall–Kier alpha value is -0.370. The third-order valence-corrected chi connectivity index (χ3v) is 3.99. The molecule has 0 bridgehead atoms. The zero-order chi connectivity index (χ0) is 10.2. The molecule has 0 aliphatic heterocycles. The second-order valence-electron chi connectivity index (χ2n) is 5.17. The quantitative estimate of drug-likeness (QED) is 0.692. The Balaban J connectivity index is 1.82. The van der Waals surface area contributed by atoms with Gasteiger partial charge in [0.2, 0.25) is 0 Å². The first-order valence-corrected chi connectivity index (χ1v) is 5.67. The molecular weight excluding hydrogens is 177 g/mol. The topological polar surface area (TPSA) is 26.0 Å². The summed E-state index contributed by atoms with van der Waals surface area (Å²) in [5.74, 6) is 0.694. The van der Waals surface area contributed by atoms with E-state index in [0.29, 0.717) is 12.3 Å². The van der Waals surface area contributed by atoms with Crippen molar-refractivity contribution in [3.63, 3.8) is 0 Å². The van der Waals surface area contributed by atoms with Gasteiger partial charge in [-0.1, -0.05) is 19.1 Å². The van der Waals surface area contributed by atoms with Crippen molar-refractivity contribution < 1.29 is 4.39 Å². The molecular formula is C12H20FN. The van der Waals surface area contributed by atoms with Gasteiger partial charge in [-0.15, -0.1) is 0 Å². The summed E-state index contributed by atoms with van der Waals surface area (Å²) in [6.07, 6.45) is 9.06. The SMILES string of the molecule is CC1(C(N)CC2CC=CCC2)CC1F. The van der Waals surface area contributed by atoms with Crippen molar-refractivity contribution in [3.05, 3.63) is 12.2 Å². The molecule has 0 radical (unpaired) electrons. The first-order chi connectivity index (χ1) is 6.63. The van der Waals surface area contributed by atoms with Crippen LogP contribution in [0.4, 0.5) is 4.39 Å². The Morgan fingerprint density at radius 1 is 1.57 bits per heavy atom. The van der Waals surface area contributed by atoms with Gasteiger partial charge in [0.05, 0.1) is 0 Å². The van der Waals surface area contributed by atoms with Crippen molar-refractivity contribution in [2.45, 2.75) is 51.2 Å². The molecule has 0 amide bonds. The Morgan fingerprint density at radius 3 is 2.79 bits per heavy atom. The van der Waals surface area contributed by atoms with Gasteiger partial charge in [0.1, 0.15) is 6.17 Å². The number of allylic oxidation sites excluding steroid dienone is 2. The fraction of sp³-hybridized carbons (Fsp3) is 0.833. The molecule has 1 fully saturated rings. The first kappa shape index (κ1) is 10.2. The van der Waals surface area contributed by atoms with Crippen LogP contribution < -0.4 is 5.73 Å². The molecule has 0 heterocycles. The predicted molar refractivity (Wildman–Crippen MR) is 56.7 cm³/mol. The molecule has 14 heavy (non-hydrogen) atoms. The van der Waals surface area contributed by atoms with E-state index in [1.807, 2.05) is 6.92 Å². The molecule has 0 spiro atoms. The summed E-state index contributed by atoms with van der Waals surface area (Å²) in [6.45, 7) is 1.99. The Labute approximate surface area is 85.6 Å². The number of rotatable bonds is 3. The van der Waals surface area contributed by atoms with Crippen molar-refractivity contribution in [3.8, 4) is 0 Å². The molecule has 80 valence electrons. The molecule has 0 aromatic carbocycles. The van der Waals surface area contributed by atoms with E-state index >= 15 is 0 Å². The average molecular weight is 197 g/mol. The molecule has 0 aromatic rings. The van der Waals surface area contributed by atoms with Crippen molar-refractivity contribution >= 4 is 0 Å². The summed E-state index contributed by atoms with van der Waals surface area (Å²) in [6, 6.07) is 0.0639. The summed E-state index contributed by atoms with van der Waals surface area (Å²) in [4.78, 5) is 0. The normalized spacial score (nSPS) is 43.6. The van der Waals surface area contributed by atoms with E-state index in [1.54, 1.807) is 0 Å². The Morgan fingerprint density at radius 2 is 2.29 bits per heavy atom. The predicted octanol–water partition coefficient (Wildman–Crippen LogP) is 2.81. The van der Waals surface area contributed by atoms with Crippen LogP contribution in [0, 0.1) is 11.3 Å². The van der Waals surface area contributed by atoms with E-state index in [9.17, 15) is 4.39 Å². The maximum atomic E-state index is 13.1. The largest absolute Gasteiger partial charge is 0.327 e. The molecule has 4 atom stereocenters. The zero-order valence-corrected chi connectivity index (χ0v) is 8.88. The summed E-state index contributed by atoms with van der Waals surface area (Å²) in [7, 11) is 0. The maximum absolute atomic E-state index is 13.1. The maximum Gasteiger partial charge on any atom is 0.108 e. The highest BCUT2D eigenvalue weighted by Gasteiger charge is 2.55. The lowest BCUT2D eigenvalue weighted by Gasteiger charge is -2.25. The van der Waals surface area contributed by atoms with Crippen LogP contribution in [0.1, 0.15) is 39.0 Å². The van der Waals surface area contributed by atoms with E-state index < -0.39 is 6.17 Å². The smallest absolute Gasteiger partial charge is 0.108 e. The lowest BCUT2D eigenvalue weighted by atomic mass is 9.84. The number of hydrogen-bond acceptors (Lipinski definition) is 1. The number of hydrogen-bond donors (Lipinski definition) is 1. The minimum atomic E-state index is -0.642. The van der Waals surface area contributed by atoms with Crippen LogP contribution in [-0.2, 0) is 0 Å². The fourth-order valence-electron chi connectivity index (χ4n) is 2.41. The third kappa shape index (κ3) is 1.85. The molecule has 2 aliphatic carbocycles. The van der Waals surface area contributed by atoms with Crippen LogP contribution in [-0.4, -0.2) is 12.2 Å². The molecule has 2 N–H and O–H groups in total. The van der Waals surface area contributed by atoms with Crippen molar-refractivity contribution in [1.82, 2.24) is 0 Å². The summed E-state index contributed by atoms with van der Waals surface area (Å²) in [5.41, 5.74) is 5.88. The number of nitrogens with two attached hydrogens (primary N) is 1. The van der Waals surface area contributed by atoms with Crippen LogP contribution in [0.3, 0.4) is 0 Å². The second kappa shape index (κ2) is 3.65. The molecule has 0 aromatic heterocycles. The van der Waals surface area contributed by atoms with Crippen molar-refractivity contribution in [1.29, 1.82) is 0 Å². The van der Waals surface area contributed by atoms with Gasteiger partial charge in [-0.3, -0.25) is 0 Å². The number of alkyl halides is 1. The van der Waals surface area contributed by atoms with Crippen molar-refractivity contribution in [2.75, 3.05) is 0 Å². The number of halogens is 1. The van der Waals surface area contributed by atoms with E-state index in [-0.39, 0.29) is 11.5 Å². The van der Waals surface area contributed by atoms with E-state index in [2.05, 4.69) is 12.2 Å². The molecule has 4 unspecified atom stereocenters. The summed E-state index contributed by atoms with van der Waals surface area (Å²) in [5, 5.41) is 0. The van der Waals surface area contributed by atoms with Gasteiger partial charge in [-0.2, -0.15) is 0 Å². The van der Waals surface area contributed by atoms with Crippen LogP contribution in [0.2, 0.25) is 0 Å². The van der Waals surface area contributed by atoms with Gasteiger partial charge >= 0.3 is 0 Å². The van der Waals surface area contributed by atoms with E-state index in [1.165, 1.54) is 12.8 Å². The zero-order valence-electron chi connectivity index (χ0n) is 8.88.